The predicted molar refractivity (Wildman–Crippen MR) is 306 cm³/mol. The van der Waals surface area contributed by atoms with Gasteiger partial charge in [0.1, 0.15) is 13.2 Å². The molecule has 0 aliphatic heterocycles. The van der Waals surface area contributed by atoms with Crippen LogP contribution in [0.25, 0.3) is 0 Å². The summed E-state index contributed by atoms with van der Waals surface area (Å²) in [5.41, 5.74) is 0. The van der Waals surface area contributed by atoms with Crippen LogP contribution in [0.15, 0.2) is 158 Å². The highest BCUT2D eigenvalue weighted by molar-refractivity contribution is 5.71. The number of allylic oxidation sites excluding steroid dienone is 26. The average Bonchev–Trinajstić information content (AvgIpc) is 3.37. The number of rotatable bonds is 48. The molecule has 0 saturated carbocycles. The zero-order valence-corrected chi connectivity index (χ0v) is 45.2. The van der Waals surface area contributed by atoms with Crippen molar-refractivity contribution in [2.24, 2.45) is 0 Å². The summed E-state index contributed by atoms with van der Waals surface area (Å²) < 4.78 is 16.8. The molecule has 0 bridgehead atoms. The van der Waals surface area contributed by atoms with Gasteiger partial charge in [0.05, 0.1) is 0 Å². The molecule has 1 atom stereocenters. The van der Waals surface area contributed by atoms with E-state index in [1.54, 1.807) is 0 Å². The van der Waals surface area contributed by atoms with E-state index >= 15 is 0 Å². The molecule has 0 rings (SSSR count). The molecule has 0 N–H and O–H groups in total. The van der Waals surface area contributed by atoms with Crippen molar-refractivity contribution in [1.82, 2.24) is 0 Å². The predicted octanol–water partition coefficient (Wildman–Crippen LogP) is 19.0. The Bertz CT molecular complexity index is 1640. The summed E-state index contributed by atoms with van der Waals surface area (Å²) >= 11 is 0. The first-order valence-corrected chi connectivity index (χ1v) is 28.0. The van der Waals surface area contributed by atoms with Crippen LogP contribution < -0.4 is 0 Å². The highest BCUT2D eigenvalue weighted by atomic mass is 16.6. The lowest BCUT2D eigenvalue weighted by atomic mass is 10.1. The summed E-state index contributed by atoms with van der Waals surface area (Å²) in [5.74, 6) is -1.02. The Hall–Kier alpha value is -4.97. The summed E-state index contributed by atoms with van der Waals surface area (Å²) in [6, 6.07) is 0. The number of carbonyl (C=O) groups excluding carboxylic acids is 3. The van der Waals surface area contributed by atoms with Crippen molar-refractivity contribution in [3.63, 3.8) is 0 Å². The largest absolute Gasteiger partial charge is 0.462 e. The van der Waals surface area contributed by atoms with Crippen molar-refractivity contribution in [1.29, 1.82) is 0 Å². The molecule has 0 aromatic rings. The van der Waals surface area contributed by atoms with Crippen molar-refractivity contribution in [3.8, 4) is 0 Å². The van der Waals surface area contributed by atoms with Crippen LogP contribution in [0, 0.1) is 0 Å². The number of carbonyl (C=O) groups is 3. The fraction of sp³-hybridized carbons (Fsp3) is 0.554. The van der Waals surface area contributed by atoms with E-state index in [9.17, 15) is 14.4 Å². The van der Waals surface area contributed by atoms with Crippen molar-refractivity contribution >= 4 is 17.9 Å². The first kappa shape index (κ1) is 66.0. The molecule has 0 aliphatic rings. The molecule has 6 nitrogen and oxygen atoms in total. The van der Waals surface area contributed by atoms with Crippen LogP contribution in [0.3, 0.4) is 0 Å². The molecule has 0 saturated heterocycles. The maximum Gasteiger partial charge on any atom is 0.306 e. The minimum atomic E-state index is -0.828. The average molecular weight is 978 g/mol. The van der Waals surface area contributed by atoms with Gasteiger partial charge in [0.15, 0.2) is 6.10 Å². The van der Waals surface area contributed by atoms with Gasteiger partial charge in [-0.3, -0.25) is 14.4 Å². The Balaban J connectivity index is 4.57. The van der Waals surface area contributed by atoms with E-state index in [1.807, 2.05) is 0 Å². The zero-order chi connectivity index (χ0) is 51.4. The van der Waals surface area contributed by atoms with E-state index in [-0.39, 0.29) is 44.0 Å². The van der Waals surface area contributed by atoms with Crippen molar-refractivity contribution in [3.05, 3.63) is 158 Å². The zero-order valence-electron chi connectivity index (χ0n) is 45.2. The van der Waals surface area contributed by atoms with E-state index < -0.39 is 6.10 Å². The number of ether oxygens (including phenoxy) is 3. The molecule has 0 amide bonds. The Morgan fingerprint density at radius 3 is 0.901 bits per heavy atom. The molecule has 71 heavy (non-hydrogen) atoms. The smallest absolute Gasteiger partial charge is 0.306 e. The summed E-state index contributed by atoms with van der Waals surface area (Å²) in [4.78, 5) is 38.1. The van der Waals surface area contributed by atoms with Gasteiger partial charge in [-0.15, -0.1) is 0 Å². The standard InChI is InChI=1S/C65H100O6/c1-4-7-10-13-16-19-22-25-27-29-31-32-34-35-37-40-43-46-49-52-55-58-64(67)70-61-62(60-69-63(66)57-54-51-48-45-42-39-24-21-18-15-12-9-6-3)71-65(68)59-56-53-50-47-44-41-38-36-33-30-28-26-23-20-17-14-11-8-5-2/h7-8,10-12,15-17,19-21,24-28,31-33,35-37,41,43-44,46,62H,4-6,9,13-14,18,22-23,29-30,34,38-40,42,45,47-61H2,1-3H3/b10-7-,11-8-,15-12-,19-16-,20-17-,24-21-,27-25-,28-26-,32-31-,36-33-,37-35-,44-41-,46-43-. The minimum Gasteiger partial charge on any atom is -0.462 e. The summed E-state index contributed by atoms with van der Waals surface area (Å²) in [5, 5.41) is 0. The Labute approximate surface area is 435 Å². The first-order chi connectivity index (χ1) is 35.0. The Morgan fingerprint density at radius 1 is 0.296 bits per heavy atom. The van der Waals surface area contributed by atoms with Crippen LogP contribution >= 0.6 is 0 Å². The third-order valence-corrected chi connectivity index (χ3v) is 11.0. The Morgan fingerprint density at radius 2 is 0.549 bits per heavy atom. The van der Waals surface area contributed by atoms with Crippen LogP contribution in [0.4, 0.5) is 0 Å². The van der Waals surface area contributed by atoms with Crippen LogP contribution in [-0.2, 0) is 28.6 Å². The van der Waals surface area contributed by atoms with Crippen molar-refractivity contribution in [2.75, 3.05) is 13.2 Å². The highest BCUT2D eigenvalue weighted by Gasteiger charge is 2.19. The van der Waals surface area contributed by atoms with Crippen LogP contribution in [-0.4, -0.2) is 37.2 Å². The number of esters is 3. The highest BCUT2D eigenvalue weighted by Crippen LogP contribution is 2.12. The van der Waals surface area contributed by atoms with E-state index in [0.717, 1.165) is 154 Å². The van der Waals surface area contributed by atoms with Gasteiger partial charge in [-0.25, -0.2) is 0 Å². The van der Waals surface area contributed by atoms with Gasteiger partial charge in [-0.2, -0.15) is 0 Å². The normalized spacial score (nSPS) is 13.3. The maximum absolute atomic E-state index is 12.8. The molecule has 396 valence electrons. The minimum absolute atomic E-state index is 0.120. The summed E-state index contributed by atoms with van der Waals surface area (Å²) in [6.45, 7) is 6.25. The van der Waals surface area contributed by atoms with Gasteiger partial charge < -0.3 is 14.2 Å². The fourth-order valence-electron chi connectivity index (χ4n) is 6.86. The lowest BCUT2D eigenvalue weighted by Crippen LogP contribution is -2.30. The van der Waals surface area contributed by atoms with Gasteiger partial charge in [0, 0.05) is 19.3 Å². The van der Waals surface area contributed by atoms with Gasteiger partial charge in [0.25, 0.3) is 0 Å². The molecule has 0 fully saturated rings. The van der Waals surface area contributed by atoms with Gasteiger partial charge in [-0.1, -0.05) is 211 Å². The number of hydrogen-bond acceptors (Lipinski definition) is 6. The molecule has 0 heterocycles. The van der Waals surface area contributed by atoms with Crippen LogP contribution in [0.5, 0.6) is 0 Å². The first-order valence-electron chi connectivity index (χ1n) is 28.0. The van der Waals surface area contributed by atoms with Gasteiger partial charge >= 0.3 is 17.9 Å². The maximum atomic E-state index is 12.8. The van der Waals surface area contributed by atoms with E-state index in [2.05, 4.69) is 179 Å². The third kappa shape index (κ3) is 55.8. The van der Waals surface area contributed by atoms with E-state index in [0.29, 0.717) is 19.3 Å². The van der Waals surface area contributed by atoms with Gasteiger partial charge in [0.2, 0.25) is 0 Å². The van der Waals surface area contributed by atoms with E-state index in [4.69, 9.17) is 14.2 Å². The van der Waals surface area contributed by atoms with Crippen LogP contribution in [0.2, 0.25) is 0 Å². The molecule has 0 aliphatic carbocycles. The lowest BCUT2D eigenvalue weighted by molar-refractivity contribution is -0.167. The molecule has 1 unspecified atom stereocenters. The second kappa shape index (κ2) is 57.6. The summed E-state index contributed by atoms with van der Waals surface area (Å²) in [6.07, 6.45) is 83.7. The molecular weight excluding hydrogens is 877 g/mol. The molecule has 6 heteroatoms. The molecule has 0 aromatic carbocycles. The second-order valence-electron chi connectivity index (χ2n) is 17.7. The third-order valence-electron chi connectivity index (χ3n) is 11.0. The quantitative estimate of drug-likeness (QED) is 0.0262. The van der Waals surface area contributed by atoms with Gasteiger partial charge in [-0.05, 0) is 141 Å². The van der Waals surface area contributed by atoms with E-state index in [1.165, 1.54) is 6.42 Å². The number of unbranched alkanes of at least 4 members (excludes halogenated alkanes) is 11. The summed E-state index contributed by atoms with van der Waals surface area (Å²) in [7, 11) is 0. The molecule has 0 spiro atoms. The second-order valence-corrected chi connectivity index (χ2v) is 17.7. The van der Waals surface area contributed by atoms with Crippen molar-refractivity contribution < 1.29 is 28.6 Å². The lowest BCUT2D eigenvalue weighted by Gasteiger charge is -2.18. The fourth-order valence-corrected chi connectivity index (χ4v) is 6.86. The molecular formula is C65H100O6. The van der Waals surface area contributed by atoms with Crippen molar-refractivity contribution in [2.45, 2.75) is 219 Å². The molecule has 0 radical (unpaired) electrons. The Kier molecular flexibility index (Phi) is 53.6. The SMILES string of the molecule is CC/C=C\C/C=C\C/C=C\C/C=C\C/C=C\C/C=C\CCCCC(=O)OCC(COC(=O)CCCCCCC/C=C\C/C=C\CCC)OC(=O)CCCCC/C=C\C/C=C\C/C=C\C/C=C\C/C=C\CC. The topological polar surface area (TPSA) is 78.9 Å². The molecule has 0 aromatic heterocycles. The van der Waals surface area contributed by atoms with Crippen LogP contribution in [0.1, 0.15) is 213 Å². The number of hydrogen-bond donors (Lipinski definition) is 0. The monoisotopic (exact) mass is 977 g/mol.